The topological polar surface area (TPSA) is 64.6 Å². The van der Waals surface area contributed by atoms with Crippen LogP contribution in [0, 0.1) is 0 Å². The summed E-state index contributed by atoms with van der Waals surface area (Å²) in [4.78, 5) is 22.4. The number of nitrogens with one attached hydrogen (secondary N) is 1. The first-order valence-corrected chi connectivity index (χ1v) is 6.32. The molecule has 0 aliphatic carbocycles. The first kappa shape index (κ1) is 13.7. The van der Waals surface area contributed by atoms with E-state index in [1.54, 1.807) is 12.1 Å². The van der Waals surface area contributed by atoms with Crippen LogP contribution in [0.25, 0.3) is 0 Å². The first-order chi connectivity index (χ1) is 9.29. The molecule has 2 rings (SSSR count). The minimum Gasteiger partial charge on any atom is -0.352 e. The Balaban J connectivity index is 1.86. The Morgan fingerprint density at radius 3 is 2.84 bits per heavy atom. The fourth-order valence-corrected chi connectivity index (χ4v) is 1.88. The largest absolute Gasteiger partial charge is 0.352 e. The van der Waals surface area contributed by atoms with Crippen molar-refractivity contribution in [3.63, 3.8) is 0 Å². The van der Waals surface area contributed by atoms with Crippen LogP contribution in [0.5, 0.6) is 0 Å². The molecular formula is C14H17NO4. The maximum absolute atomic E-state index is 12.0. The first-order valence-electron chi connectivity index (χ1n) is 6.32. The van der Waals surface area contributed by atoms with Crippen molar-refractivity contribution in [2.75, 3.05) is 13.2 Å². The second-order valence-electron chi connectivity index (χ2n) is 4.36. The minimum atomic E-state index is -0.490. The highest BCUT2D eigenvalue weighted by Gasteiger charge is 2.21. The van der Waals surface area contributed by atoms with Crippen molar-refractivity contribution in [2.24, 2.45) is 0 Å². The number of carbonyl (C=O) groups excluding carboxylic acids is 2. The third-order valence-electron chi connectivity index (χ3n) is 2.91. The number of hydrogen-bond donors (Lipinski definition) is 1. The number of amides is 1. The average Bonchev–Trinajstić information content (AvgIpc) is 2.66. The summed E-state index contributed by atoms with van der Waals surface area (Å²) in [5.74, 6) is -0.122. The number of benzene rings is 1. The molecule has 19 heavy (non-hydrogen) atoms. The van der Waals surface area contributed by atoms with Crippen LogP contribution in [0.15, 0.2) is 30.3 Å². The summed E-state index contributed by atoms with van der Waals surface area (Å²) in [6.45, 7) is 0.829. The molecule has 0 radical (unpaired) electrons. The maximum Gasteiger partial charge on any atom is 0.251 e. The van der Waals surface area contributed by atoms with E-state index in [0.29, 0.717) is 25.2 Å². The summed E-state index contributed by atoms with van der Waals surface area (Å²) in [6.07, 6.45) is 1.18. The summed E-state index contributed by atoms with van der Waals surface area (Å²) in [5, 5.41) is 2.91. The Hall–Kier alpha value is -1.72. The summed E-state index contributed by atoms with van der Waals surface area (Å²) in [7, 11) is 0. The van der Waals surface area contributed by atoms with Crippen LogP contribution in [0.4, 0.5) is 0 Å². The van der Waals surface area contributed by atoms with Crippen LogP contribution in [0.3, 0.4) is 0 Å². The van der Waals surface area contributed by atoms with Gasteiger partial charge in [0.2, 0.25) is 0 Å². The van der Waals surface area contributed by atoms with E-state index in [0.717, 1.165) is 6.29 Å². The van der Waals surface area contributed by atoms with Crippen LogP contribution in [-0.2, 0) is 14.3 Å². The van der Waals surface area contributed by atoms with Gasteiger partial charge in [0, 0.05) is 5.56 Å². The molecule has 1 aliphatic heterocycles. The van der Waals surface area contributed by atoms with Gasteiger partial charge in [-0.15, -0.1) is 0 Å². The molecule has 1 aliphatic rings. The van der Waals surface area contributed by atoms with Gasteiger partial charge in [0.25, 0.3) is 5.91 Å². The van der Waals surface area contributed by atoms with Crippen molar-refractivity contribution in [2.45, 2.75) is 25.2 Å². The average molecular weight is 263 g/mol. The lowest BCUT2D eigenvalue weighted by Crippen LogP contribution is -2.38. The Morgan fingerprint density at radius 1 is 1.32 bits per heavy atom. The van der Waals surface area contributed by atoms with Gasteiger partial charge in [-0.25, -0.2) is 0 Å². The molecule has 5 heteroatoms. The molecule has 0 saturated carbocycles. The summed E-state index contributed by atoms with van der Waals surface area (Å²) >= 11 is 0. The van der Waals surface area contributed by atoms with E-state index in [4.69, 9.17) is 9.47 Å². The molecule has 1 fully saturated rings. The monoisotopic (exact) mass is 263 g/mol. The van der Waals surface area contributed by atoms with Gasteiger partial charge >= 0.3 is 0 Å². The number of aldehydes is 1. The zero-order valence-corrected chi connectivity index (χ0v) is 10.6. The fourth-order valence-electron chi connectivity index (χ4n) is 1.88. The predicted octanol–water partition coefficient (Wildman–Crippen LogP) is 1.14. The van der Waals surface area contributed by atoms with Gasteiger partial charge in [-0.2, -0.15) is 0 Å². The second-order valence-corrected chi connectivity index (χ2v) is 4.36. The Labute approximate surface area is 111 Å². The third kappa shape index (κ3) is 4.15. The highest BCUT2D eigenvalue weighted by atomic mass is 16.7. The van der Waals surface area contributed by atoms with E-state index < -0.39 is 6.29 Å². The minimum absolute atomic E-state index is 0.0932. The lowest BCUT2D eigenvalue weighted by atomic mass is 10.1. The van der Waals surface area contributed by atoms with Gasteiger partial charge in [0.15, 0.2) is 6.29 Å². The molecule has 0 unspecified atom stereocenters. The van der Waals surface area contributed by atoms with Gasteiger partial charge < -0.3 is 19.6 Å². The van der Waals surface area contributed by atoms with Crippen LogP contribution in [-0.4, -0.2) is 37.7 Å². The molecule has 1 amide bonds. The molecule has 1 N–H and O–H groups in total. The molecule has 102 valence electrons. The Morgan fingerprint density at radius 2 is 2.11 bits per heavy atom. The van der Waals surface area contributed by atoms with Crippen LogP contribution in [0.2, 0.25) is 0 Å². The van der Waals surface area contributed by atoms with E-state index in [2.05, 4.69) is 5.32 Å². The third-order valence-corrected chi connectivity index (χ3v) is 2.91. The zero-order valence-electron chi connectivity index (χ0n) is 10.6. The molecule has 0 aromatic heterocycles. The Bertz CT molecular complexity index is 421. The summed E-state index contributed by atoms with van der Waals surface area (Å²) in [5.41, 5.74) is 0.622. The normalized spacial score (nSPS) is 23.4. The Kier molecular flexibility index (Phi) is 5.06. The molecule has 1 aromatic rings. The highest BCUT2D eigenvalue weighted by Crippen LogP contribution is 2.09. The van der Waals surface area contributed by atoms with Crippen molar-refractivity contribution in [3.8, 4) is 0 Å². The SMILES string of the molecule is O=CC[C@@H]1OCC[C@H](NC(=O)c2ccccc2)CO1. The molecule has 1 heterocycles. The van der Waals surface area contributed by atoms with Gasteiger partial charge in [-0.1, -0.05) is 18.2 Å². The molecule has 0 spiro atoms. The highest BCUT2D eigenvalue weighted by molar-refractivity contribution is 5.94. The van der Waals surface area contributed by atoms with E-state index >= 15 is 0 Å². The number of hydrogen-bond acceptors (Lipinski definition) is 4. The number of rotatable bonds is 4. The second kappa shape index (κ2) is 7.01. The molecule has 0 bridgehead atoms. The number of carbonyl (C=O) groups is 2. The van der Waals surface area contributed by atoms with Crippen molar-refractivity contribution in [3.05, 3.63) is 35.9 Å². The van der Waals surface area contributed by atoms with Crippen molar-refractivity contribution >= 4 is 12.2 Å². The summed E-state index contributed by atoms with van der Waals surface area (Å²) in [6, 6.07) is 8.94. The fraction of sp³-hybridized carbons (Fsp3) is 0.429. The van der Waals surface area contributed by atoms with Crippen LogP contribution in [0.1, 0.15) is 23.2 Å². The zero-order chi connectivity index (χ0) is 13.5. The van der Waals surface area contributed by atoms with E-state index in [9.17, 15) is 9.59 Å². The van der Waals surface area contributed by atoms with E-state index in [1.807, 2.05) is 18.2 Å². The molecular weight excluding hydrogens is 246 g/mol. The van der Waals surface area contributed by atoms with Gasteiger partial charge in [0.1, 0.15) is 6.29 Å². The van der Waals surface area contributed by atoms with E-state index in [1.165, 1.54) is 0 Å². The molecule has 1 aromatic carbocycles. The molecule has 2 atom stereocenters. The van der Waals surface area contributed by atoms with Crippen molar-refractivity contribution in [1.82, 2.24) is 5.32 Å². The van der Waals surface area contributed by atoms with Gasteiger partial charge in [0.05, 0.1) is 25.7 Å². The smallest absolute Gasteiger partial charge is 0.251 e. The van der Waals surface area contributed by atoms with E-state index in [-0.39, 0.29) is 18.4 Å². The van der Waals surface area contributed by atoms with Crippen LogP contribution >= 0.6 is 0 Å². The van der Waals surface area contributed by atoms with Gasteiger partial charge in [-0.05, 0) is 18.6 Å². The van der Waals surface area contributed by atoms with Crippen molar-refractivity contribution < 1.29 is 19.1 Å². The maximum atomic E-state index is 12.0. The summed E-state index contributed by atoms with van der Waals surface area (Å²) < 4.78 is 10.8. The molecule has 5 nitrogen and oxygen atoms in total. The van der Waals surface area contributed by atoms with Gasteiger partial charge in [-0.3, -0.25) is 4.79 Å². The predicted molar refractivity (Wildman–Crippen MR) is 68.7 cm³/mol. The van der Waals surface area contributed by atoms with Crippen molar-refractivity contribution in [1.29, 1.82) is 0 Å². The lowest BCUT2D eigenvalue weighted by Gasteiger charge is -2.16. The van der Waals surface area contributed by atoms with Crippen LogP contribution < -0.4 is 5.32 Å². The molecule has 1 saturated heterocycles. The number of ether oxygens (including phenoxy) is 2. The standard InChI is InChI=1S/C14H17NO4/c16-8-6-13-18-9-7-12(10-19-13)15-14(17)11-4-2-1-3-5-11/h1-5,8,12-13H,6-7,9-10H2,(H,15,17)/t12-,13+/m0/s1. The quantitative estimate of drug-likeness (QED) is 0.827. The lowest BCUT2D eigenvalue weighted by molar-refractivity contribution is -0.139.